The van der Waals surface area contributed by atoms with Gasteiger partial charge in [-0.15, -0.1) is 0 Å². The third kappa shape index (κ3) is 3.20. The van der Waals surface area contributed by atoms with Crippen molar-refractivity contribution in [2.75, 3.05) is 11.9 Å². The van der Waals surface area contributed by atoms with Crippen molar-refractivity contribution in [2.24, 2.45) is 5.92 Å². The van der Waals surface area contributed by atoms with Crippen molar-refractivity contribution in [2.45, 2.75) is 13.8 Å². The average Bonchev–Trinajstić information content (AvgIpc) is 2.38. The zero-order valence-corrected chi connectivity index (χ0v) is 11.3. The van der Waals surface area contributed by atoms with E-state index in [4.69, 9.17) is 11.6 Å². The normalized spacial score (nSPS) is 10.7. The fraction of sp³-hybridized carbons (Fsp3) is 0.286. The predicted octanol–water partition coefficient (Wildman–Crippen LogP) is 3.86. The minimum Gasteiger partial charge on any atom is -0.368 e. The molecular formula is C14H16ClN3. The van der Waals surface area contributed by atoms with Gasteiger partial charge >= 0.3 is 0 Å². The smallest absolute Gasteiger partial charge is 0.161 e. The Morgan fingerprint density at radius 2 is 1.94 bits per heavy atom. The lowest BCUT2D eigenvalue weighted by Gasteiger charge is -2.10. The number of aromatic nitrogens is 2. The molecule has 1 heterocycles. The number of halogens is 1. The lowest BCUT2D eigenvalue weighted by atomic mass is 10.2. The summed E-state index contributed by atoms with van der Waals surface area (Å²) in [7, 11) is 0. The summed E-state index contributed by atoms with van der Waals surface area (Å²) in [5.41, 5.74) is 0.988. The summed E-state index contributed by atoms with van der Waals surface area (Å²) >= 11 is 6.08. The van der Waals surface area contributed by atoms with Crippen LogP contribution in [0, 0.1) is 5.92 Å². The quantitative estimate of drug-likeness (QED) is 0.908. The standard InChI is InChI=1S/C14H16ClN3/c1-10(2)8-16-14-12(15)9-17-13(18-14)11-6-4-3-5-7-11/h3-7,9-10H,8H2,1-2H3,(H,16,17,18). The van der Waals surface area contributed by atoms with Crippen LogP contribution >= 0.6 is 11.6 Å². The third-order valence-corrected chi connectivity index (χ3v) is 2.73. The number of hydrogen-bond acceptors (Lipinski definition) is 3. The highest BCUT2D eigenvalue weighted by molar-refractivity contribution is 6.32. The number of nitrogens with zero attached hydrogens (tertiary/aromatic N) is 2. The second-order valence-electron chi connectivity index (χ2n) is 4.53. The molecule has 0 aliphatic rings. The molecule has 2 aromatic rings. The van der Waals surface area contributed by atoms with E-state index in [1.54, 1.807) is 6.20 Å². The SMILES string of the molecule is CC(C)CNc1nc(-c2ccccc2)ncc1Cl. The van der Waals surface area contributed by atoms with E-state index in [2.05, 4.69) is 29.1 Å². The lowest BCUT2D eigenvalue weighted by Crippen LogP contribution is -2.10. The maximum Gasteiger partial charge on any atom is 0.161 e. The van der Waals surface area contributed by atoms with Crippen LogP contribution in [0.25, 0.3) is 11.4 Å². The van der Waals surface area contributed by atoms with Crippen LogP contribution < -0.4 is 5.32 Å². The van der Waals surface area contributed by atoms with E-state index in [0.29, 0.717) is 22.6 Å². The highest BCUT2D eigenvalue weighted by atomic mass is 35.5. The highest BCUT2D eigenvalue weighted by Crippen LogP contribution is 2.22. The summed E-state index contributed by atoms with van der Waals surface area (Å²) in [4.78, 5) is 8.71. The van der Waals surface area contributed by atoms with Crippen LogP contribution in [0.3, 0.4) is 0 Å². The van der Waals surface area contributed by atoms with Gasteiger partial charge in [0.25, 0.3) is 0 Å². The third-order valence-electron chi connectivity index (χ3n) is 2.45. The van der Waals surface area contributed by atoms with E-state index < -0.39 is 0 Å². The first-order valence-corrected chi connectivity index (χ1v) is 6.36. The van der Waals surface area contributed by atoms with Crippen molar-refractivity contribution in [3.05, 3.63) is 41.6 Å². The number of benzene rings is 1. The molecule has 0 bridgehead atoms. The van der Waals surface area contributed by atoms with Crippen LogP contribution in [0.4, 0.5) is 5.82 Å². The van der Waals surface area contributed by atoms with Gasteiger partial charge in [0.15, 0.2) is 5.82 Å². The van der Waals surface area contributed by atoms with Gasteiger partial charge in [-0.3, -0.25) is 0 Å². The van der Waals surface area contributed by atoms with Crippen molar-refractivity contribution in [1.29, 1.82) is 0 Å². The zero-order valence-electron chi connectivity index (χ0n) is 10.5. The van der Waals surface area contributed by atoms with Crippen molar-refractivity contribution in [3.8, 4) is 11.4 Å². The van der Waals surface area contributed by atoms with Gasteiger partial charge in [0.1, 0.15) is 10.8 Å². The van der Waals surface area contributed by atoms with Crippen LogP contribution in [0.5, 0.6) is 0 Å². The summed E-state index contributed by atoms with van der Waals surface area (Å²) in [6, 6.07) is 9.87. The molecule has 94 valence electrons. The number of nitrogens with one attached hydrogen (secondary N) is 1. The molecule has 0 amide bonds. The molecule has 4 heteroatoms. The van der Waals surface area contributed by atoms with Crippen LogP contribution in [0.1, 0.15) is 13.8 Å². The minimum absolute atomic E-state index is 0.538. The van der Waals surface area contributed by atoms with Gasteiger partial charge in [0.2, 0.25) is 0 Å². The summed E-state index contributed by atoms with van der Waals surface area (Å²) in [6.07, 6.45) is 1.64. The van der Waals surface area contributed by atoms with Crippen molar-refractivity contribution >= 4 is 17.4 Å². The number of hydrogen-bond donors (Lipinski definition) is 1. The molecule has 0 atom stereocenters. The fourth-order valence-corrected chi connectivity index (χ4v) is 1.68. The first kappa shape index (κ1) is 12.8. The second-order valence-corrected chi connectivity index (χ2v) is 4.94. The molecule has 1 aromatic carbocycles. The molecule has 1 N–H and O–H groups in total. The fourth-order valence-electron chi connectivity index (χ4n) is 1.52. The van der Waals surface area contributed by atoms with Crippen molar-refractivity contribution in [3.63, 3.8) is 0 Å². The first-order chi connectivity index (χ1) is 8.66. The van der Waals surface area contributed by atoms with Crippen LogP contribution in [0.15, 0.2) is 36.5 Å². The lowest BCUT2D eigenvalue weighted by molar-refractivity contribution is 0.687. The van der Waals surface area contributed by atoms with Gasteiger partial charge < -0.3 is 5.32 Å². The molecule has 0 aliphatic heterocycles. The Balaban J connectivity index is 2.26. The van der Waals surface area contributed by atoms with Crippen LogP contribution in [-0.4, -0.2) is 16.5 Å². The summed E-state index contributed by atoms with van der Waals surface area (Å²) in [5.74, 6) is 1.92. The number of anilines is 1. The molecule has 0 unspecified atom stereocenters. The first-order valence-electron chi connectivity index (χ1n) is 5.98. The number of rotatable bonds is 4. The van der Waals surface area contributed by atoms with E-state index in [1.807, 2.05) is 30.3 Å². The largest absolute Gasteiger partial charge is 0.368 e. The van der Waals surface area contributed by atoms with E-state index in [0.717, 1.165) is 12.1 Å². The molecule has 2 rings (SSSR count). The maximum atomic E-state index is 6.08. The van der Waals surface area contributed by atoms with E-state index in [-0.39, 0.29) is 0 Å². The topological polar surface area (TPSA) is 37.8 Å². The van der Waals surface area contributed by atoms with Gasteiger partial charge in [0.05, 0.1) is 6.20 Å². The molecule has 18 heavy (non-hydrogen) atoms. The van der Waals surface area contributed by atoms with Gasteiger partial charge in [-0.05, 0) is 5.92 Å². The van der Waals surface area contributed by atoms with Crippen LogP contribution in [0.2, 0.25) is 5.02 Å². The Hall–Kier alpha value is -1.61. The van der Waals surface area contributed by atoms with Gasteiger partial charge in [-0.2, -0.15) is 0 Å². The Bertz CT molecular complexity index is 512. The molecule has 0 saturated heterocycles. The van der Waals surface area contributed by atoms with Crippen LogP contribution in [-0.2, 0) is 0 Å². The van der Waals surface area contributed by atoms with Gasteiger partial charge in [0, 0.05) is 12.1 Å². The van der Waals surface area contributed by atoms with Crippen molar-refractivity contribution < 1.29 is 0 Å². The second kappa shape index (κ2) is 5.83. The summed E-state index contributed by atoms with van der Waals surface area (Å²) in [6.45, 7) is 5.12. The van der Waals surface area contributed by atoms with E-state index in [1.165, 1.54) is 0 Å². The Kier molecular flexibility index (Phi) is 4.15. The molecule has 0 aliphatic carbocycles. The Morgan fingerprint density at radius 1 is 1.22 bits per heavy atom. The highest BCUT2D eigenvalue weighted by Gasteiger charge is 2.07. The molecule has 1 aromatic heterocycles. The van der Waals surface area contributed by atoms with E-state index >= 15 is 0 Å². The molecule has 3 nitrogen and oxygen atoms in total. The monoisotopic (exact) mass is 261 g/mol. The Morgan fingerprint density at radius 3 is 2.61 bits per heavy atom. The molecule has 0 spiro atoms. The van der Waals surface area contributed by atoms with Crippen molar-refractivity contribution in [1.82, 2.24) is 9.97 Å². The average molecular weight is 262 g/mol. The van der Waals surface area contributed by atoms with Gasteiger partial charge in [-0.25, -0.2) is 9.97 Å². The predicted molar refractivity (Wildman–Crippen MR) is 75.8 cm³/mol. The zero-order chi connectivity index (χ0) is 13.0. The summed E-state index contributed by atoms with van der Waals surface area (Å²) < 4.78 is 0. The van der Waals surface area contributed by atoms with E-state index in [9.17, 15) is 0 Å². The van der Waals surface area contributed by atoms with Gasteiger partial charge in [-0.1, -0.05) is 55.8 Å². The molecule has 0 radical (unpaired) electrons. The molecule has 0 saturated carbocycles. The molecular weight excluding hydrogens is 246 g/mol. The maximum absolute atomic E-state index is 6.08. The minimum atomic E-state index is 0.538. The Labute approximate surface area is 112 Å². The molecule has 0 fully saturated rings. The summed E-state index contributed by atoms with van der Waals surface area (Å²) in [5, 5.41) is 3.79.